The van der Waals surface area contributed by atoms with Gasteiger partial charge >= 0.3 is 0 Å². The van der Waals surface area contributed by atoms with Crippen LogP contribution < -0.4 is 10.6 Å². The van der Waals surface area contributed by atoms with Gasteiger partial charge in [-0.25, -0.2) is 0 Å². The summed E-state index contributed by atoms with van der Waals surface area (Å²) in [5, 5.41) is 4.86. The minimum absolute atomic E-state index is 0.367. The predicted molar refractivity (Wildman–Crippen MR) is 52.0 cm³/mol. The first-order valence-electron chi connectivity index (χ1n) is 4.70. The van der Waals surface area contributed by atoms with E-state index < -0.39 is 18.0 Å². The third kappa shape index (κ3) is 2.45. The first kappa shape index (κ1) is 11.9. The maximum atomic E-state index is 11.4. The molecule has 1 fully saturated rings. The highest BCUT2D eigenvalue weighted by Gasteiger charge is 2.48. The monoisotopic (exact) mass is 216 g/mol. The largest absolute Gasteiger partial charge is 0.357 e. The zero-order valence-electron chi connectivity index (χ0n) is 9.29. The van der Waals surface area contributed by atoms with Crippen molar-refractivity contribution in [3.63, 3.8) is 0 Å². The summed E-state index contributed by atoms with van der Waals surface area (Å²) in [6, 6.07) is 0. The second kappa shape index (κ2) is 4.16. The van der Waals surface area contributed by atoms with Gasteiger partial charge in [0.2, 0.25) is 0 Å². The molecule has 1 saturated heterocycles. The third-order valence-corrected chi connectivity index (χ3v) is 2.11. The summed E-state index contributed by atoms with van der Waals surface area (Å²) in [6.07, 6.45) is -1.80. The van der Waals surface area contributed by atoms with Crippen LogP contribution in [0.3, 0.4) is 0 Å². The predicted octanol–water partition coefficient (Wildman–Crippen LogP) is -1.00. The molecule has 15 heavy (non-hydrogen) atoms. The smallest absolute Gasteiger partial charge is 0.252 e. The molecule has 0 saturated carbocycles. The van der Waals surface area contributed by atoms with Crippen molar-refractivity contribution in [2.75, 3.05) is 14.1 Å². The summed E-state index contributed by atoms with van der Waals surface area (Å²) in [7, 11) is 2.97. The Balaban J connectivity index is 2.83. The lowest BCUT2D eigenvalue weighted by Gasteiger charge is -2.16. The van der Waals surface area contributed by atoms with E-state index in [0.717, 1.165) is 0 Å². The van der Waals surface area contributed by atoms with Crippen molar-refractivity contribution >= 4 is 11.8 Å². The minimum Gasteiger partial charge on any atom is -0.357 e. The fraction of sp³-hybridized carbons (Fsp3) is 0.778. The first-order chi connectivity index (χ1) is 6.91. The number of nitrogens with one attached hydrogen (secondary N) is 2. The van der Waals surface area contributed by atoms with Crippen molar-refractivity contribution in [1.82, 2.24) is 10.6 Å². The molecule has 0 radical (unpaired) electrons. The summed E-state index contributed by atoms with van der Waals surface area (Å²) in [5.41, 5.74) is 0. The van der Waals surface area contributed by atoms with E-state index in [1.165, 1.54) is 14.1 Å². The van der Waals surface area contributed by atoms with E-state index in [4.69, 9.17) is 9.47 Å². The summed E-state index contributed by atoms with van der Waals surface area (Å²) >= 11 is 0. The lowest BCUT2D eigenvalue weighted by molar-refractivity contribution is -0.159. The third-order valence-electron chi connectivity index (χ3n) is 2.11. The molecule has 86 valence electrons. The Kier molecular flexibility index (Phi) is 3.31. The van der Waals surface area contributed by atoms with Crippen LogP contribution >= 0.6 is 0 Å². The maximum Gasteiger partial charge on any atom is 0.252 e. The van der Waals surface area contributed by atoms with Crippen LogP contribution in [0.1, 0.15) is 13.8 Å². The van der Waals surface area contributed by atoms with E-state index in [-0.39, 0.29) is 11.8 Å². The van der Waals surface area contributed by atoms with Gasteiger partial charge in [0.05, 0.1) is 0 Å². The lowest BCUT2D eigenvalue weighted by Crippen LogP contribution is -2.46. The number of ether oxygens (including phenoxy) is 2. The van der Waals surface area contributed by atoms with Crippen molar-refractivity contribution in [2.45, 2.75) is 31.8 Å². The molecule has 0 unspecified atom stereocenters. The SMILES string of the molecule is CNC(=O)[C@@H]1OC(C)(C)O[C@H]1C(=O)NC. The lowest BCUT2D eigenvalue weighted by atomic mass is 10.2. The molecule has 6 nitrogen and oxygen atoms in total. The summed E-state index contributed by atoms with van der Waals surface area (Å²) in [6.45, 7) is 3.32. The molecular formula is C9H16N2O4. The van der Waals surface area contributed by atoms with Crippen LogP contribution in [-0.4, -0.2) is 43.9 Å². The van der Waals surface area contributed by atoms with E-state index in [1.807, 2.05) is 0 Å². The van der Waals surface area contributed by atoms with Gasteiger partial charge in [-0.15, -0.1) is 0 Å². The van der Waals surface area contributed by atoms with Gasteiger partial charge in [0.1, 0.15) is 0 Å². The van der Waals surface area contributed by atoms with E-state index >= 15 is 0 Å². The number of amides is 2. The second-order valence-corrected chi connectivity index (χ2v) is 3.71. The molecule has 0 aromatic rings. The molecule has 1 aliphatic rings. The van der Waals surface area contributed by atoms with Crippen molar-refractivity contribution in [3.05, 3.63) is 0 Å². The molecule has 2 atom stereocenters. The van der Waals surface area contributed by atoms with E-state index in [9.17, 15) is 9.59 Å². The van der Waals surface area contributed by atoms with Gasteiger partial charge in [-0.3, -0.25) is 9.59 Å². The Hall–Kier alpha value is -1.14. The zero-order chi connectivity index (χ0) is 11.6. The first-order valence-corrected chi connectivity index (χ1v) is 4.70. The van der Waals surface area contributed by atoms with Crippen LogP contribution in [0.15, 0.2) is 0 Å². The average molecular weight is 216 g/mol. The van der Waals surface area contributed by atoms with Gasteiger partial charge in [-0.2, -0.15) is 0 Å². The van der Waals surface area contributed by atoms with Gasteiger partial charge < -0.3 is 20.1 Å². The molecule has 0 aromatic carbocycles. The highest BCUT2D eigenvalue weighted by atomic mass is 16.8. The Morgan fingerprint density at radius 3 is 1.60 bits per heavy atom. The van der Waals surface area contributed by atoms with Crippen molar-refractivity contribution < 1.29 is 19.1 Å². The van der Waals surface area contributed by atoms with Crippen LogP contribution in [0, 0.1) is 0 Å². The number of hydrogen-bond donors (Lipinski definition) is 2. The molecule has 1 rings (SSSR count). The summed E-state index contributed by atoms with van der Waals surface area (Å²) in [5.74, 6) is -1.66. The van der Waals surface area contributed by atoms with Gasteiger partial charge in [-0.1, -0.05) is 0 Å². The average Bonchev–Trinajstić information content (AvgIpc) is 2.52. The van der Waals surface area contributed by atoms with E-state index in [1.54, 1.807) is 13.8 Å². The van der Waals surface area contributed by atoms with Gasteiger partial charge in [0.25, 0.3) is 11.8 Å². The maximum absolute atomic E-state index is 11.4. The quantitative estimate of drug-likeness (QED) is 0.620. The molecule has 1 aliphatic heterocycles. The highest BCUT2D eigenvalue weighted by molar-refractivity contribution is 5.91. The van der Waals surface area contributed by atoms with Crippen molar-refractivity contribution in [3.8, 4) is 0 Å². The van der Waals surface area contributed by atoms with E-state index in [0.29, 0.717) is 0 Å². The number of carbonyl (C=O) groups is 2. The minimum atomic E-state index is -0.922. The van der Waals surface area contributed by atoms with Gasteiger partial charge in [0.15, 0.2) is 18.0 Å². The number of carbonyl (C=O) groups excluding carboxylic acids is 2. The number of rotatable bonds is 2. The van der Waals surface area contributed by atoms with Crippen LogP contribution in [0.2, 0.25) is 0 Å². The molecular weight excluding hydrogens is 200 g/mol. The fourth-order valence-corrected chi connectivity index (χ4v) is 1.43. The zero-order valence-corrected chi connectivity index (χ0v) is 9.29. The van der Waals surface area contributed by atoms with Gasteiger partial charge in [0, 0.05) is 14.1 Å². The van der Waals surface area contributed by atoms with Crippen LogP contribution in [-0.2, 0) is 19.1 Å². The van der Waals surface area contributed by atoms with Crippen LogP contribution in [0.25, 0.3) is 0 Å². The van der Waals surface area contributed by atoms with Gasteiger partial charge in [-0.05, 0) is 13.8 Å². The topological polar surface area (TPSA) is 76.7 Å². The molecule has 0 aliphatic carbocycles. The molecule has 6 heteroatoms. The Morgan fingerprint density at radius 2 is 1.33 bits per heavy atom. The number of hydrogen-bond acceptors (Lipinski definition) is 4. The van der Waals surface area contributed by atoms with Crippen molar-refractivity contribution in [1.29, 1.82) is 0 Å². The van der Waals surface area contributed by atoms with Crippen molar-refractivity contribution in [2.24, 2.45) is 0 Å². The standard InChI is InChI=1S/C9H16N2O4/c1-9(2)14-5(7(12)10-3)6(15-9)8(13)11-4/h5-6H,1-4H3,(H,10,12)(H,11,13)/t5-,6-/m1/s1. The molecule has 2 N–H and O–H groups in total. The van der Waals surface area contributed by atoms with Crippen LogP contribution in [0.4, 0.5) is 0 Å². The Bertz CT molecular complexity index is 251. The fourth-order valence-electron chi connectivity index (χ4n) is 1.43. The second-order valence-electron chi connectivity index (χ2n) is 3.71. The van der Waals surface area contributed by atoms with Crippen LogP contribution in [0.5, 0.6) is 0 Å². The molecule has 0 bridgehead atoms. The molecule has 0 aromatic heterocycles. The summed E-state index contributed by atoms with van der Waals surface area (Å²) in [4.78, 5) is 22.9. The molecule has 0 spiro atoms. The number of likely N-dealkylation sites (N-methyl/N-ethyl adjacent to an activating group) is 2. The molecule has 2 amide bonds. The highest BCUT2D eigenvalue weighted by Crippen LogP contribution is 2.28. The Labute approximate surface area is 88.3 Å². The normalized spacial score (nSPS) is 28.5. The Morgan fingerprint density at radius 1 is 1.00 bits per heavy atom. The summed E-state index contributed by atoms with van der Waals surface area (Å²) < 4.78 is 10.7. The van der Waals surface area contributed by atoms with E-state index in [2.05, 4.69) is 10.6 Å². The molecule has 1 heterocycles.